The van der Waals surface area contributed by atoms with Crippen molar-refractivity contribution in [3.63, 3.8) is 0 Å². The molecule has 0 radical (unpaired) electrons. The van der Waals surface area contributed by atoms with Gasteiger partial charge in [0.1, 0.15) is 6.33 Å². The van der Waals surface area contributed by atoms with Crippen LogP contribution in [0.5, 0.6) is 0 Å². The first-order valence-electron chi connectivity index (χ1n) is 6.91. The van der Waals surface area contributed by atoms with Crippen LogP contribution in [0.25, 0.3) is 11.5 Å². The highest BCUT2D eigenvalue weighted by Gasteiger charge is 2.13. The summed E-state index contributed by atoms with van der Waals surface area (Å²) in [5, 5.41) is 9.16. The summed E-state index contributed by atoms with van der Waals surface area (Å²) in [6.07, 6.45) is 6.87. The predicted octanol–water partition coefficient (Wildman–Crippen LogP) is 2.54. The van der Waals surface area contributed by atoms with Gasteiger partial charge in [0, 0.05) is 12.4 Å². The molecule has 0 aliphatic rings. The van der Waals surface area contributed by atoms with E-state index in [-0.39, 0.29) is 5.91 Å². The largest absolute Gasteiger partial charge is 0.304 e. The van der Waals surface area contributed by atoms with E-state index in [1.54, 1.807) is 27.8 Å². The van der Waals surface area contributed by atoms with Gasteiger partial charge in [-0.05, 0) is 36.1 Å². The summed E-state index contributed by atoms with van der Waals surface area (Å²) >= 11 is 1.41. The van der Waals surface area contributed by atoms with E-state index in [0.717, 1.165) is 11.4 Å². The maximum atomic E-state index is 12.2. The van der Waals surface area contributed by atoms with Gasteiger partial charge in [-0.1, -0.05) is 0 Å². The quantitative estimate of drug-likeness (QED) is 0.628. The maximum absolute atomic E-state index is 12.2. The fraction of sp³-hybridized carbons (Fsp3) is 0.0667. The number of fused-ring (bicyclic) bond motifs is 1. The minimum absolute atomic E-state index is 0.157. The number of aryl methyl sites for hydroxylation is 1. The van der Waals surface area contributed by atoms with Crippen molar-refractivity contribution in [3.05, 3.63) is 58.9 Å². The molecule has 0 aliphatic carbocycles. The Bertz CT molecular complexity index is 985. The lowest BCUT2D eigenvalue weighted by Gasteiger charge is -2.00. The van der Waals surface area contributed by atoms with Crippen LogP contribution in [-0.4, -0.2) is 30.1 Å². The number of anilines is 1. The molecule has 114 valence electrons. The van der Waals surface area contributed by atoms with Crippen LogP contribution in [0.2, 0.25) is 0 Å². The number of amides is 1. The van der Waals surface area contributed by atoms with Gasteiger partial charge in [-0.3, -0.25) is 9.36 Å². The monoisotopic (exact) mass is 324 g/mol. The van der Waals surface area contributed by atoms with Crippen molar-refractivity contribution in [1.29, 1.82) is 0 Å². The molecular weight excluding hydrogens is 312 g/mol. The van der Waals surface area contributed by atoms with Crippen molar-refractivity contribution in [1.82, 2.24) is 24.1 Å². The van der Waals surface area contributed by atoms with Gasteiger partial charge in [0.25, 0.3) is 5.91 Å². The molecule has 7 nitrogen and oxygen atoms in total. The van der Waals surface area contributed by atoms with E-state index in [9.17, 15) is 4.79 Å². The predicted molar refractivity (Wildman–Crippen MR) is 87.1 cm³/mol. The molecule has 0 saturated heterocycles. The van der Waals surface area contributed by atoms with Gasteiger partial charge in [0.05, 0.1) is 11.1 Å². The highest BCUT2D eigenvalue weighted by atomic mass is 32.1. The number of nitrogens with one attached hydrogen (secondary N) is 1. The molecule has 8 heteroatoms. The van der Waals surface area contributed by atoms with Gasteiger partial charge in [-0.25, -0.2) is 14.5 Å². The molecule has 0 unspecified atom stereocenters. The molecule has 0 spiro atoms. The standard InChI is InChI=1S/C15H12N6OS/c1-10-4-7-23-14(10)15(22)18-11-8-21-12(17-11)2-3-13(19-21)20-6-5-16-9-20/h2-9H,1H3,(H,18,22). The number of imidazole rings is 2. The van der Waals surface area contributed by atoms with Crippen molar-refractivity contribution in [2.24, 2.45) is 0 Å². The second-order valence-electron chi connectivity index (χ2n) is 4.98. The average Bonchev–Trinajstić information content (AvgIpc) is 3.25. The number of hydrogen-bond donors (Lipinski definition) is 1. The molecule has 4 rings (SSSR count). The minimum Gasteiger partial charge on any atom is -0.304 e. The molecule has 0 bridgehead atoms. The Morgan fingerprint density at radius 2 is 2.22 bits per heavy atom. The molecular formula is C15H12N6OS. The first-order valence-corrected chi connectivity index (χ1v) is 7.79. The third kappa shape index (κ3) is 2.49. The lowest BCUT2D eigenvalue weighted by atomic mass is 10.3. The zero-order valence-corrected chi connectivity index (χ0v) is 13.0. The van der Waals surface area contributed by atoms with Crippen LogP contribution in [0.3, 0.4) is 0 Å². The van der Waals surface area contributed by atoms with Crippen molar-refractivity contribution in [3.8, 4) is 5.82 Å². The second kappa shape index (κ2) is 5.33. The fourth-order valence-electron chi connectivity index (χ4n) is 2.24. The van der Waals surface area contributed by atoms with Crippen LogP contribution in [0.15, 0.2) is 48.5 Å². The fourth-order valence-corrected chi connectivity index (χ4v) is 3.06. The van der Waals surface area contributed by atoms with Crippen LogP contribution in [0.4, 0.5) is 5.82 Å². The van der Waals surface area contributed by atoms with Crippen molar-refractivity contribution >= 4 is 28.7 Å². The van der Waals surface area contributed by atoms with E-state index >= 15 is 0 Å². The molecule has 0 saturated carbocycles. The van der Waals surface area contributed by atoms with E-state index in [1.807, 2.05) is 36.7 Å². The Kier molecular flexibility index (Phi) is 3.16. The second-order valence-corrected chi connectivity index (χ2v) is 5.89. The zero-order chi connectivity index (χ0) is 15.8. The van der Waals surface area contributed by atoms with Gasteiger partial charge in [0.2, 0.25) is 0 Å². The Balaban J connectivity index is 1.64. The molecule has 0 atom stereocenters. The van der Waals surface area contributed by atoms with E-state index < -0.39 is 0 Å². The number of carbonyl (C=O) groups is 1. The van der Waals surface area contributed by atoms with Gasteiger partial charge in [-0.2, -0.15) is 0 Å². The third-order valence-corrected chi connectivity index (χ3v) is 4.40. The topological polar surface area (TPSA) is 77.1 Å². The molecule has 0 fully saturated rings. The highest BCUT2D eigenvalue weighted by molar-refractivity contribution is 7.12. The smallest absolute Gasteiger partial charge is 0.267 e. The number of carbonyl (C=O) groups excluding carboxylic acids is 1. The molecule has 4 aromatic heterocycles. The highest BCUT2D eigenvalue weighted by Crippen LogP contribution is 2.18. The van der Waals surface area contributed by atoms with E-state index in [4.69, 9.17) is 0 Å². The van der Waals surface area contributed by atoms with E-state index in [2.05, 4.69) is 20.4 Å². The van der Waals surface area contributed by atoms with Crippen LogP contribution in [0.1, 0.15) is 15.2 Å². The van der Waals surface area contributed by atoms with Crippen LogP contribution >= 0.6 is 11.3 Å². The van der Waals surface area contributed by atoms with Gasteiger partial charge >= 0.3 is 0 Å². The molecule has 1 amide bonds. The van der Waals surface area contributed by atoms with Gasteiger partial charge in [-0.15, -0.1) is 16.4 Å². The summed E-state index contributed by atoms with van der Waals surface area (Å²) in [6, 6.07) is 5.61. The summed E-state index contributed by atoms with van der Waals surface area (Å²) in [6.45, 7) is 1.91. The molecule has 1 N–H and O–H groups in total. The molecule has 4 heterocycles. The summed E-state index contributed by atoms with van der Waals surface area (Å²) in [4.78, 5) is 21.3. The average molecular weight is 324 g/mol. The Morgan fingerprint density at radius 1 is 1.30 bits per heavy atom. The molecule has 0 aromatic carbocycles. The number of hydrogen-bond acceptors (Lipinski definition) is 5. The first kappa shape index (κ1) is 13.6. The SMILES string of the molecule is Cc1ccsc1C(=O)Nc1cn2nc(-n3ccnc3)ccc2n1. The van der Waals surface area contributed by atoms with Gasteiger partial charge in [0.15, 0.2) is 17.3 Å². The summed E-state index contributed by atoms with van der Waals surface area (Å²) in [7, 11) is 0. The zero-order valence-electron chi connectivity index (χ0n) is 12.2. The van der Waals surface area contributed by atoms with Crippen LogP contribution < -0.4 is 5.32 Å². The number of nitrogens with zero attached hydrogens (tertiary/aromatic N) is 5. The Hall–Kier alpha value is -3.00. The van der Waals surface area contributed by atoms with Crippen LogP contribution in [-0.2, 0) is 0 Å². The Labute approximate surface area is 135 Å². The molecule has 0 aliphatic heterocycles. The number of thiophene rings is 1. The van der Waals surface area contributed by atoms with E-state index in [0.29, 0.717) is 16.3 Å². The lowest BCUT2D eigenvalue weighted by molar-refractivity contribution is 0.102. The van der Waals surface area contributed by atoms with Crippen molar-refractivity contribution in [2.75, 3.05) is 5.32 Å². The minimum atomic E-state index is -0.157. The summed E-state index contributed by atoms with van der Waals surface area (Å²) in [5.74, 6) is 1.04. The van der Waals surface area contributed by atoms with E-state index in [1.165, 1.54) is 11.3 Å². The van der Waals surface area contributed by atoms with Crippen molar-refractivity contribution in [2.45, 2.75) is 6.92 Å². The number of rotatable bonds is 3. The molecule has 4 aromatic rings. The summed E-state index contributed by atoms with van der Waals surface area (Å²) < 4.78 is 3.43. The molecule has 23 heavy (non-hydrogen) atoms. The van der Waals surface area contributed by atoms with Crippen molar-refractivity contribution < 1.29 is 4.79 Å². The normalized spacial score (nSPS) is 11.0. The first-order chi connectivity index (χ1) is 11.2. The van der Waals surface area contributed by atoms with Crippen LogP contribution in [0, 0.1) is 6.92 Å². The third-order valence-electron chi connectivity index (χ3n) is 3.38. The summed E-state index contributed by atoms with van der Waals surface area (Å²) in [5.41, 5.74) is 1.61. The lowest BCUT2D eigenvalue weighted by Crippen LogP contribution is -2.11. The van der Waals surface area contributed by atoms with Gasteiger partial charge < -0.3 is 5.32 Å². The maximum Gasteiger partial charge on any atom is 0.267 e. The Morgan fingerprint density at radius 3 is 2.96 bits per heavy atom. The number of aromatic nitrogens is 5.